The zero-order valence-electron chi connectivity index (χ0n) is 12.7. The number of amides is 1. The van der Waals surface area contributed by atoms with Crippen LogP contribution in [0.5, 0.6) is 0 Å². The van der Waals surface area contributed by atoms with E-state index in [1.165, 1.54) is 6.07 Å². The van der Waals surface area contributed by atoms with Crippen LogP contribution in [0, 0.1) is 13.8 Å². The van der Waals surface area contributed by atoms with Crippen LogP contribution < -0.4 is 10.7 Å². The minimum atomic E-state index is -0.381. The highest BCUT2D eigenvalue weighted by Gasteiger charge is 2.16. The lowest BCUT2D eigenvalue weighted by atomic mass is 10.1. The Labute approximate surface area is 123 Å². The van der Waals surface area contributed by atoms with E-state index in [2.05, 4.69) is 10.3 Å². The van der Waals surface area contributed by atoms with E-state index >= 15 is 0 Å². The summed E-state index contributed by atoms with van der Waals surface area (Å²) in [6.45, 7) is 5.62. The van der Waals surface area contributed by atoms with Gasteiger partial charge in [-0.2, -0.15) is 0 Å². The number of nitrogens with one attached hydrogen (secondary N) is 1. The fourth-order valence-electron chi connectivity index (χ4n) is 2.19. The van der Waals surface area contributed by atoms with Gasteiger partial charge in [-0.05, 0) is 32.4 Å². The smallest absolute Gasteiger partial charge is 0.257 e. The molecule has 21 heavy (non-hydrogen) atoms. The highest BCUT2D eigenvalue weighted by atomic mass is 16.2. The summed E-state index contributed by atoms with van der Waals surface area (Å²) in [4.78, 5) is 28.5. The van der Waals surface area contributed by atoms with E-state index in [4.69, 9.17) is 0 Å². The minimum Gasteiger partial charge on any atom is -0.354 e. The minimum absolute atomic E-state index is 0.142. The van der Waals surface area contributed by atoms with E-state index in [1.807, 2.05) is 32.9 Å². The molecule has 0 saturated heterocycles. The molecule has 110 valence electrons. The van der Waals surface area contributed by atoms with Crippen LogP contribution in [0.3, 0.4) is 0 Å². The van der Waals surface area contributed by atoms with Crippen molar-refractivity contribution in [1.29, 1.82) is 0 Å². The maximum atomic E-state index is 12.3. The topological polar surface area (TPSA) is 64.0 Å². The van der Waals surface area contributed by atoms with E-state index in [-0.39, 0.29) is 22.9 Å². The van der Waals surface area contributed by atoms with Crippen LogP contribution in [0.4, 0.5) is 0 Å². The number of hydrogen-bond acceptors (Lipinski definition) is 3. The summed E-state index contributed by atoms with van der Waals surface area (Å²) < 4.78 is 1.76. The van der Waals surface area contributed by atoms with Crippen LogP contribution in [-0.4, -0.2) is 15.5 Å². The molecule has 0 saturated carbocycles. The molecule has 5 heteroatoms. The molecule has 0 aromatic carbocycles. The number of rotatable bonds is 3. The Kier molecular flexibility index (Phi) is 4.21. The molecular weight excluding hydrogens is 266 g/mol. The Hall–Kier alpha value is -2.43. The van der Waals surface area contributed by atoms with Crippen molar-refractivity contribution < 1.29 is 4.79 Å². The van der Waals surface area contributed by atoms with Crippen LogP contribution in [-0.2, 0) is 7.05 Å². The number of carbonyl (C=O) groups is 1. The number of pyridine rings is 2. The SMILES string of the molecule is Cc1cccnc1[C@@H](C)NC(=O)c1cn(C)c(C)cc1=O. The molecule has 2 aromatic heterocycles. The summed E-state index contributed by atoms with van der Waals surface area (Å²) in [5.41, 5.74) is 2.48. The largest absolute Gasteiger partial charge is 0.354 e. The lowest BCUT2D eigenvalue weighted by molar-refractivity contribution is 0.0937. The summed E-state index contributed by atoms with van der Waals surface area (Å²) in [6, 6.07) is 5.00. The third kappa shape index (κ3) is 3.18. The van der Waals surface area contributed by atoms with Gasteiger partial charge >= 0.3 is 0 Å². The van der Waals surface area contributed by atoms with Crippen molar-refractivity contribution >= 4 is 5.91 Å². The molecule has 0 unspecified atom stereocenters. The fourth-order valence-corrected chi connectivity index (χ4v) is 2.19. The van der Waals surface area contributed by atoms with Gasteiger partial charge in [0.25, 0.3) is 5.91 Å². The zero-order chi connectivity index (χ0) is 15.6. The monoisotopic (exact) mass is 285 g/mol. The van der Waals surface area contributed by atoms with Gasteiger partial charge in [-0.3, -0.25) is 14.6 Å². The Morgan fingerprint density at radius 2 is 2.10 bits per heavy atom. The molecule has 5 nitrogen and oxygen atoms in total. The second-order valence-electron chi connectivity index (χ2n) is 5.20. The van der Waals surface area contributed by atoms with Gasteiger partial charge in [-0.25, -0.2) is 0 Å². The molecule has 0 aliphatic carbocycles. The summed E-state index contributed by atoms with van der Waals surface area (Å²) >= 11 is 0. The Morgan fingerprint density at radius 1 is 1.38 bits per heavy atom. The Morgan fingerprint density at radius 3 is 2.76 bits per heavy atom. The van der Waals surface area contributed by atoms with Crippen molar-refractivity contribution in [2.45, 2.75) is 26.8 Å². The first-order chi connectivity index (χ1) is 9.90. The van der Waals surface area contributed by atoms with Gasteiger partial charge < -0.3 is 9.88 Å². The van der Waals surface area contributed by atoms with Gasteiger partial charge in [-0.15, -0.1) is 0 Å². The second-order valence-corrected chi connectivity index (χ2v) is 5.20. The number of aromatic nitrogens is 2. The van der Waals surface area contributed by atoms with Crippen molar-refractivity contribution in [2.24, 2.45) is 7.05 Å². The lowest BCUT2D eigenvalue weighted by Crippen LogP contribution is -2.32. The number of nitrogens with zero attached hydrogens (tertiary/aromatic N) is 2. The van der Waals surface area contributed by atoms with Gasteiger partial charge in [0.15, 0.2) is 5.43 Å². The predicted octanol–water partition coefficient (Wildman–Crippen LogP) is 1.89. The van der Waals surface area contributed by atoms with E-state index in [0.29, 0.717) is 0 Å². The molecule has 0 aliphatic rings. The normalized spacial score (nSPS) is 12.0. The van der Waals surface area contributed by atoms with Crippen molar-refractivity contribution in [1.82, 2.24) is 14.9 Å². The molecule has 1 amide bonds. The molecule has 0 spiro atoms. The predicted molar refractivity (Wildman–Crippen MR) is 81.3 cm³/mol. The maximum Gasteiger partial charge on any atom is 0.257 e. The Balaban J connectivity index is 2.25. The van der Waals surface area contributed by atoms with Crippen LogP contribution in [0.15, 0.2) is 35.4 Å². The fraction of sp³-hybridized carbons (Fsp3) is 0.312. The molecule has 1 atom stereocenters. The lowest BCUT2D eigenvalue weighted by Gasteiger charge is -2.15. The van der Waals surface area contributed by atoms with Crippen LogP contribution in [0.1, 0.15) is 40.3 Å². The molecule has 0 aliphatic heterocycles. The third-order valence-corrected chi connectivity index (χ3v) is 3.54. The molecule has 0 radical (unpaired) electrons. The first-order valence-corrected chi connectivity index (χ1v) is 6.80. The van der Waals surface area contributed by atoms with Crippen molar-refractivity contribution in [2.75, 3.05) is 0 Å². The third-order valence-electron chi connectivity index (χ3n) is 3.54. The van der Waals surface area contributed by atoms with Crippen LogP contribution in [0.2, 0.25) is 0 Å². The quantitative estimate of drug-likeness (QED) is 0.936. The molecule has 0 fully saturated rings. The van der Waals surface area contributed by atoms with E-state index in [0.717, 1.165) is 17.0 Å². The molecular formula is C16H19N3O2. The average molecular weight is 285 g/mol. The summed E-state index contributed by atoms with van der Waals surface area (Å²) in [5.74, 6) is -0.381. The standard InChI is InChI=1S/C16H19N3O2/c1-10-6-5-7-17-15(10)12(3)18-16(21)13-9-19(4)11(2)8-14(13)20/h5-9,12H,1-4H3,(H,18,21)/t12-/m1/s1. The van der Waals surface area contributed by atoms with Crippen LogP contribution >= 0.6 is 0 Å². The zero-order valence-corrected chi connectivity index (χ0v) is 12.7. The summed E-state index contributed by atoms with van der Waals surface area (Å²) in [6.07, 6.45) is 3.25. The Bertz CT molecular complexity index is 735. The van der Waals surface area contributed by atoms with Crippen molar-refractivity contribution in [3.8, 4) is 0 Å². The highest BCUT2D eigenvalue weighted by molar-refractivity contribution is 5.94. The molecule has 2 heterocycles. The first-order valence-electron chi connectivity index (χ1n) is 6.80. The van der Waals surface area contributed by atoms with Gasteiger partial charge in [-0.1, -0.05) is 6.07 Å². The number of carbonyl (C=O) groups excluding carboxylic acids is 1. The van der Waals surface area contributed by atoms with E-state index in [9.17, 15) is 9.59 Å². The molecule has 2 aromatic rings. The van der Waals surface area contributed by atoms with E-state index in [1.54, 1.807) is 24.0 Å². The number of aryl methyl sites for hydroxylation is 3. The van der Waals surface area contributed by atoms with Gasteiger partial charge in [0.05, 0.1) is 11.7 Å². The van der Waals surface area contributed by atoms with E-state index < -0.39 is 0 Å². The maximum absolute atomic E-state index is 12.3. The van der Waals surface area contributed by atoms with Crippen molar-refractivity contribution in [3.05, 3.63) is 63.3 Å². The summed E-state index contributed by atoms with van der Waals surface area (Å²) in [7, 11) is 1.80. The van der Waals surface area contributed by atoms with Gasteiger partial charge in [0.2, 0.25) is 0 Å². The average Bonchev–Trinajstić information content (AvgIpc) is 2.43. The summed E-state index contributed by atoms with van der Waals surface area (Å²) in [5, 5.41) is 2.83. The van der Waals surface area contributed by atoms with Crippen molar-refractivity contribution in [3.63, 3.8) is 0 Å². The van der Waals surface area contributed by atoms with Gasteiger partial charge in [0, 0.05) is 31.2 Å². The highest BCUT2D eigenvalue weighted by Crippen LogP contribution is 2.14. The number of hydrogen-bond donors (Lipinski definition) is 1. The molecule has 0 bridgehead atoms. The van der Waals surface area contributed by atoms with Crippen LogP contribution in [0.25, 0.3) is 0 Å². The van der Waals surface area contributed by atoms with Gasteiger partial charge in [0.1, 0.15) is 5.56 Å². The first kappa shape index (κ1) is 15.0. The molecule has 1 N–H and O–H groups in total. The second kappa shape index (κ2) is 5.91. The molecule has 2 rings (SSSR count).